The van der Waals surface area contributed by atoms with Crippen LogP contribution >= 0.6 is 11.6 Å². The van der Waals surface area contributed by atoms with Crippen LogP contribution in [0.2, 0.25) is 5.02 Å². The summed E-state index contributed by atoms with van der Waals surface area (Å²) in [4.78, 5) is 29.0. The first-order chi connectivity index (χ1) is 10.9. The number of carbonyl (C=O) groups excluding carboxylic acids is 1. The van der Waals surface area contributed by atoms with Crippen molar-refractivity contribution in [2.45, 2.75) is 31.8 Å². The van der Waals surface area contributed by atoms with Crippen molar-refractivity contribution in [3.63, 3.8) is 0 Å². The van der Waals surface area contributed by atoms with Gasteiger partial charge in [-0.05, 0) is 31.9 Å². The molecular weight excluding hydrogens is 318 g/mol. The Morgan fingerprint density at radius 2 is 2.17 bits per heavy atom. The molecule has 23 heavy (non-hydrogen) atoms. The lowest BCUT2D eigenvalue weighted by molar-refractivity contribution is -0.149. The lowest BCUT2D eigenvalue weighted by Crippen LogP contribution is -2.40. The van der Waals surface area contributed by atoms with Crippen LogP contribution in [0.15, 0.2) is 23.0 Å². The first-order valence-corrected chi connectivity index (χ1v) is 7.86. The van der Waals surface area contributed by atoms with Crippen molar-refractivity contribution >= 4 is 28.5 Å². The van der Waals surface area contributed by atoms with Gasteiger partial charge in [0.15, 0.2) is 0 Å². The summed E-state index contributed by atoms with van der Waals surface area (Å²) in [5.74, 6) is 0.0845. The molecule has 1 aliphatic carbocycles. The maximum Gasteiger partial charge on any atom is 0.308 e. The molecule has 1 saturated carbocycles. The smallest absolute Gasteiger partial charge is 0.308 e. The fourth-order valence-corrected chi connectivity index (χ4v) is 3.30. The number of esters is 1. The van der Waals surface area contributed by atoms with Crippen molar-refractivity contribution in [3.05, 3.63) is 39.4 Å². The molecule has 1 aromatic heterocycles. The number of ether oxygens (including phenoxy) is 1. The molecule has 6 nitrogen and oxygen atoms in total. The number of methoxy groups -OCH3 is 1. The second-order valence-corrected chi connectivity index (χ2v) is 6.32. The summed E-state index contributed by atoms with van der Waals surface area (Å²) in [7, 11) is 1.37. The Bertz CT molecular complexity index is 825. The summed E-state index contributed by atoms with van der Waals surface area (Å²) in [6, 6.07) is 4.66. The maximum absolute atomic E-state index is 12.9. The highest BCUT2D eigenvalue weighted by molar-refractivity contribution is 6.35. The van der Waals surface area contributed by atoms with Gasteiger partial charge < -0.3 is 10.5 Å². The fourth-order valence-electron chi connectivity index (χ4n) is 3.05. The van der Waals surface area contributed by atoms with E-state index in [4.69, 9.17) is 22.1 Å². The SMILES string of the molecule is COC(=O)C1CC(n2c([C@H](C)N)nc3cccc(Cl)c3c2=O)C1. The predicted molar refractivity (Wildman–Crippen MR) is 87.4 cm³/mol. The van der Waals surface area contributed by atoms with Gasteiger partial charge in [-0.25, -0.2) is 4.98 Å². The Labute approximate surface area is 138 Å². The van der Waals surface area contributed by atoms with Crippen LogP contribution in [0.25, 0.3) is 10.9 Å². The topological polar surface area (TPSA) is 87.2 Å². The van der Waals surface area contributed by atoms with E-state index in [0.29, 0.717) is 34.6 Å². The number of rotatable bonds is 3. The molecule has 0 spiro atoms. The van der Waals surface area contributed by atoms with Crippen molar-refractivity contribution in [1.82, 2.24) is 9.55 Å². The van der Waals surface area contributed by atoms with Crippen LogP contribution in [-0.2, 0) is 9.53 Å². The van der Waals surface area contributed by atoms with Gasteiger partial charge in [0.05, 0.1) is 35.0 Å². The number of aromatic nitrogens is 2. The molecule has 0 bridgehead atoms. The van der Waals surface area contributed by atoms with E-state index in [1.54, 1.807) is 29.7 Å². The van der Waals surface area contributed by atoms with E-state index < -0.39 is 6.04 Å². The lowest BCUT2D eigenvalue weighted by atomic mass is 9.80. The van der Waals surface area contributed by atoms with Gasteiger partial charge in [-0.15, -0.1) is 0 Å². The number of hydrogen-bond acceptors (Lipinski definition) is 5. The minimum absolute atomic E-state index is 0.110. The van der Waals surface area contributed by atoms with E-state index in [0.717, 1.165) is 0 Å². The molecule has 2 aromatic rings. The molecule has 0 aliphatic heterocycles. The van der Waals surface area contributed by atoms with E-state index in [1.165, 1.54) is 7.11 Å². The van der Waals surface area contributed by atoms with Gasteiger partial charge in [0.2, 0.25) is 0 Å². The van der Waals surface area contributed by atoms with E-state index in [-0.39, 0.29) is 23.5 Å². The van der Waals surface area contributed by atoms with Crippen LogP contribution in [0.5, 0.6) is 0 Å². The van der Waals surface area contributed by atoms with Crippen LogP contribution in [0.1, 0.15) is 37.7 Å². The van der Waals surface area contributed by atoms with Crippen molar-refractivity contribution in [2.24, 2.45) is 11.7 Å². The van der Waals surface area contributed by atoms with Crippen LogP contribution in [-0.4, -0.2) is 22.6 Å². The van der Waals surface area contributed by atoms with E-state index in [2.05, 4.69) is 4.98 Å². The molecule has 3 rings (SSSR count). The normalized spacial score (nSPS) is 21.7. The Balaban J connectivity index is 2.11. The zero-order valence-electron chi connectivity index (χ0n) is 13.0. The zero-order chi connectivity index (χ0) is 16.7. The highest BCUT2D eigenvalue weighted by atomic mass is 35.5. The quantitative estimate of drug-likeness (QED) is 0.869. The largest absolute Gasteiger partial charge is 0.469 e. The van der Waals surface area contributed by atoms with Gasteiger partial charge in [0, 0.05) is 6.04 Å². The summed E-state index contributed by atoms with van der Waals surface area (Å²) in [5, 5.41) is 0.758. The average molecular weight is 336 g/mol. The molecule has 1 heterocycles. The highest BCUT2D eigenvalue weighted by Gasteiger charge is 2.38. The van der Waals surface area contributed by atoms with Crippen molar-refractivity contribution in [1.29, 1.82) is 0 Å². The summed E-state index contributed by atoms with van der Waals surface area (Å²) in [6.07, 6.45) is 1.09. The fraction of sp³-hybridized carbons (Fsp3) is 0.438. The van der Waals surface area contributed by atoms with Gasteiger partial charge in [0.25, 0.3) is 5.56 Å². The van der Waals surface area contributed by atoms with Crippen molar-refractivity contribution in [2.75, 3.05) is 7.11 Å². The van der Waals surface area contributed by atoms with Gasteiger partial charge >= 0.3 is 5.97 Å². The molecule has 1 aliphatic rings. The van der Waals surface area contributed by atoms with Crippen LogP contribution in [0.3, 0.4) is 0 Å². The molecule has 0 unspecified atom stereocenters. The van der Waals surface area contributed by atoms with Gasteiger partial charge in [-0.1, -0.05) is 17.7 Å². The second-order valence-electron chi connectivity index (χ2n) is 5.91. The van der Waals surface area contributed by atoms with E-state index in [1.807, 2.05) is 0 Å². The number of hydrogen-bond donors (Lipinski definition) is 1. The lowest BCUT2D eigenvalue weighted by Gasteiger charge is -2.36. The van der Waals surface area contributed by atoms with Crippen LogP contribution in [0, 0.1) is 5.92 Å². The summed E-state index contributed by atoms with van der Waals surface area (Å²) in [6.45, 7) is 1.78. The average Bonchev–Trinajstić information content (AvgIpc) is 2.47. The zero-order valence-corrected chi connectivity index (χ0v) is 13.7. The van der Waals surface area contributed by atoms with Gasteiger partial charge in [-0.2, -0.15) is 0 Å². The highest BCUT2D eigenvalue weighted by Crippen LogP contribution is 2.39. The third kappa shape index (κ3) is 2.62. The first kappa shape index (κ1) is 16.0. The summed E-state index contributed by atoms with van der Waals surface area (Å²) >= 11 is 6.17. The number of benzene rings is 1. The molecule has 0 amide bonds. The molecule has 7 heteroatoms. The van der Waals surface area contributed by atoms with Crippen molar-refractivity contribution in [3.8, 4) is 0 Å². The van der Waals surface area contributed by atoms with Gasteiger partial charge in [0.1, 0.15) is 5.82 Å². The van der Waals surface area contributed by atoms with Crippen LogP contribution in [0.4, 0.5) is 0 Å². The van der Waals surface area contributed by atoms with E-state index in [9.17, 15) is 9.59 Å². The van der Waals surface area contributed by atoms with E-state index >= 15 is 0 Å². The van der Waals surface area contributed by atoms with Gasteiger partial charge in [-0.3, -0.25) is 14.2 Å². The van der Waals surface area contributed by atoms with Crippen LogP contribution < -0.4 is 11.3 Å². The molecule has 1 fully saturated rings. The molecular formula is C16H18ClN3O3. The Morgan fingerprint density at radius 1 is 1.48 bits per heavy atom. The first-order valence-electron chi connectivity index (χ1n) is 7.48. The minimum atomic E-state index is -0.400. The summed E-state index contributed by atoms with van der Waals surface area (Å²) < 4.78 is 6.34. The standard InChI is InChI=1S/C16H18ClN3O3/c1-8(18)14-19-12-5-3-4-11(17)13(12)15(21)20(14)10-6-9(7-10)16(22)23-2/h3-5,8-10H,6-7,18H2,1-2H3/t8-,9?,10?/m0/s1. The third-order valence-corrected chi connectivity index (χ3v) is 4.64. The molecule has 1 atom stereocenters. The molecule has 0 radical (unpaired) electrons. The molecule has 1 aromatic carbocycles. The summed E-state index contributed by atoms with van der Waals surface area (Å²) in [5.41, 5.74) is 6.33. The minimum Gasteiger partial charge on any atom is -0.469 e. The number of halogens is 1. The number of nitrogens with zero attached hydrogens (tertiary/aromatic N) is 2. The predicted octanol–water partition coefficient (Wildman–Crippen LogP) is 2.19. The monoisotopic (exact) mass is 335 g/mol. The molecule has 0 saturated heterocycles. The molecule has 2 N–H and O–H groups in total. The number of fused-ring (bicyclic) bond motifs is 1. The Hall–Kier alpha value is -1.92. The van der Waals surface area contributed by atoms with Crippen molar-refractivity contribution < 1.29 is 9.53 Å². The third-order valence-electron chi connectivity index (χ3n) is 4.33. The Morgan fingerprint density at radius 3 is 2.78 bits per heavy atom. The maximum atomic E-state index is 12.9. The number of carbonyl (C=O) groups is 1. The molecule has 122 valence electrons. The number of nitrogens with two attached hydrogens (primary N) is 1. The second kappa shape index (κ2) is 5.94. The Kier molecular flexibility index (Phi) is 4.12.